The van der Waals surface area contributed by atoms with Crippen LogP contribution in [0.15, 0.2) is 11.1 Å². The van der Waals surface area contributed by atoms with Gasteiger partial charge in [0.15, 0.2) is 0 Å². The van der Waals surface area contributed by atoms with Crippen molar-refractivity contribution in [3.05, 3.63) is 11.1 Å². The molecule has 0 aromatic rings. The SMILES string of the molecule is CCC(CC)=C(C)CC(C)(C)C. The molecule has 0 heterocycles. The van der Waals surface area contributed by atoms with Crippen molar-refractivity contribution >= 4 is 0 Å². The molecule has 0 saturated heterocycles. The van der Waals surface area contributed by atoms with Crippen molar-refractivity contribution in [1.29, 1.82) is 0 Å². The van der Waals surface area contributed by atoms with Crippen LogP contribution in [0, 0.1) is 5.41 Å². The quantitative estimate of drug-likeness (QED) is 0.542. The van der Waals surface area contributed by atoms with E-state index in [-0.39, 0.29) is 0 Å². The Morgan fingerprint density at radius 2 is 1.42 bits per heavy atom. The fourth-order valence-corrected chi connectivity index (χ4v) is 1.77. The Bertz CT molecular complexity index is 149. The average Bonchev–Trinajstić information content (AvgIpc) is 1.85. The second-order valence-electron chi connectivity index (χ2n) is 4.83. The van der Waals surface area contributed by atoms with Gasteiger partial charge in [0.05, 0.1) is 0 Å². The minimum Gasteiger partial charge on any atom is -0.0736 e. The van der Waals surface area contributed by atoms with Crippen LogP contribution in [0.4, 0.5) is 0 Å². The topological polar surface area (TPSA) is 0 Å². The van der Waals surface area contributed by atoms with Crippen molar-refractivity contribution in [2.24, 2.45) is 5.41 Å². The first-order valence-electron chi connectivity index (χ1n) is 5.08. The molecule has 0 aromatic heterocycles. The van der Waals surface area contributed by atoms with Gasteiger partial charge < -0.3 is 0 Å². The molecule has 0 bridgehead atoms. The van der Waals surface area contributed by atoms with Crippen molar-refractivity contribution in [2.45, 2.75) is 60.8 Å². The molecule has 0 radical (unpaired) electrons. The highest BCUT2D eigenvalue weighted by Crippen LogP contribution is 2.27. The molecule has 0 aliphatic heterocycles. The molecule has 12 heavy (non-hydrogen) atoms. The normalized spacial score (nSPS) is 11.5. The Hall–Kier alpha value is -0.260. The van der Waals surface area contributed by atoms with Crippen LogP contribution in [0.25, 0.3) is 0 Å². The van der Waals surface area contributed by atoms with E-state index in [1.165, 1.54) is 19.3 Å². The zero-order valence-corrected chi connectivity index (χ0v) is 9.62. The van der Waals surface area contributed by atoms with Gasteiger partial charge >= 0.3 is 0 Å². The number of hydrogen-bond donors (Lipinski definition) is 0. The van der Waals surface area contributed by atoms with Gasteiger partial charge in [0.2, 0.25) is 0 Å². The first-order valence-corrected chi connectivity index (χ1v) is 5.08. The summed E-state index contributed by atoms with van der Waals surface area (Å²) in [5.74, 6) is 0. The summed E-state index contributed by atoms with van der Waals surface area (Å²) in [7, 11) is 0. The molecular weight excluding hydrogens is 144 g/mol. The summed E-state index contributed by atoms with van der Waals surface area (Å²) in [4.78, 5) is 0. The van der Waals surface area contributed by atoms with Crippen molar-refractivity contribution in [3.63, 3.8) is 0 Å². The molecule has 0 fully saturated rings. The Balaban J connectivity index is 4.34. The summed E-state index contributed by atoms with van der Waals surface area (Å²) in [6.07, 6.45) is 3.68. The van der Waals surface area contributed by atoms with Crippen LogP contribution in [0.1, 0.15) is 60.8 Å². The van der Waals surface area contributed by atoms with Gasteiger partial charge in [-0.3, -0.25) is 0 Å². The third-order valence-electron chi connectivity index (χ3n) is 2.25. The molecule has 0 rings (SSSR count). The summed E-state index contributed by atoms with van der Waals surface area (Å²) < 4.78 is 0. The number of rotatable bonds is 3. The lowest BCUT2D eigenvalue weighted by molar-refractivity contribution is 0.407. The fraction of sp³-hybridized carbons (Fsp3) is 0.833. The van der Waals surface area contributed by atoms with Gasteiger partial charge in [0, 0.05) is 0 Å². The summed E-state index contributed by atoms with van der Waals surface area (Å²) in [6, 6.07) is 0. The second-order valence-corrected chi connectivity index (χ2v) is 4.83. The summed E-state index contributed by atoms with van der Waals surface area (Å²) >= 11 is 0. The predicted molar refractivity (Wildman–Crippen MR) is 57.4 cm³/mol. The Labute approximate surface area is 78.1 Å². The van der Waals surface area contributed by atoms with Crippen molar-refractivity contribution in [2.75, 3.05) is 0 Å². The zero-order chi connectivity index (χ0) is 9.78. The zero-order valence-electron chi connectivity index (χ0n) is 9.62. The molecule has 0 amide bonds. The number of hydrogen-bond acceptors (Lipinski definition) is 0. The molecule has 0 N–H and O–H groups in total. The summed E-state index contributed by atoms with van der Waals surface area (Å²) in [6.45, 7) is 13.7. The molecule has 72 valence electrons. The van der Waals surface area contributed by atoms with Gasteiger partial charge in [-0.2, -0.15) is 0 Å². The molecule has 0 aromatic carbocycles. The maximum atomic E-state index is 2.31. The highest BCUT2D eigenvalue weighted by atomic mass is 14.2. The smallest absolute Gasteiger partial charge is 0.0271 e. The first-order chi connectivity index (χ1) is 5.40. The fourth-order valence-electron chi connectivity index (χ4n) is 1.77. The van der Waals surface area contributed by atoms with Gasteiger partial charge in [-0.05, 0) is 31.6 Å². The molecular formula is C12H24. The largest absolute Gasteiger partial charge is 0.0736 e. The van der Waals surface area contributed by atoms with E-state index in [4.69, 9.17) is 0 Å². The van der Waals surface area contributed by atoms with Crippen LogP contribution in [-0.2, 0) is 0 Å². The Kier molecular flexibility index (Phi) is 4.59. The van der Waals surface area contributed by atoms with E-state index in [1.54, 1.807) is 11.1 Å². The van der Waals surface area contributed by atoms with Crippen LogP contribution < -0.4 is 0 Å². The lowest BCUT2D eigenvalue weighted by Crippen LogP contribution is -2.06. The van der Waals surface area contributed by atoms with E-state index >= 15 is 0 Å². The standard InChI is InChI=1S/C12H24/c1-7-11(8-2)10(3)9-12(4,5)6/h7-9H2,1-6H3. The van der Waals surface area contributed by atoms with Gasteiger partial charge in [-0.15, -0.1) is 0 Å². The molecule has 0 nitrogen and oxygen atoms in total. The molecule has 0 unspecified atom stereocenters. The predicted octanol–water partition coefficient (Wildman–Crippen LogP) is 4.56. The van der Waals surface area contributed by atoms with Crippen LogP contribution in [0.5, 0.6) is 0 Å². The minimum absolute atomic E-state index is 0.444. The molecule has 0 aliphatic rings. The highest BCUT2D eigenvalue weighted by Gasteiger charge is 2.12. The van der Waals surface area contributed by atoms with E-state index in [0.29, 0.717) is 5.41 Å². The molecule has 0 heteroatoms. The maximum absolute atomic E-state index is 2.31. The van der Waals surface area contributed by atoms with Crippen LogP contribution in [-0.4, -0.2) is 0 Å². The van der Waals surface area contributed by atoms with Gasteiger partial charge in [0.1, 0.15) is 0 Å². The number of allylic oxidation sites excluding steroid dienone is 2. The second kappa shape index (κ2) is 4.69. The summed E-state index contributed by atoms with van der Waals surface area (Å²) in [5, 5.41) is 0. The molecule has 0 spiro atoms. The average molecular weight is 168 g/mol. The Morgan fingerprint density at radius 3 is 1.67 bits per heavy atom. The van der Waals surface area contributed by atoms with E-state index in [1.807, 2.05) is 0 Å². The lowest BCUT2D eigenvalue weighted by atomic mass is 9.86. The van der Waals surface area contributed by atoms with Crippen LogP contribution in [0.3, 0.4) is 0 Å². The third-order valence-corrected chi connectivity index (χ3v) is 2.25. The molecule has 0 aliphatic carbocycles. The van der Waals surface area contributed by atoms with E-state index in [0.717, 1.165) is 0 Å². The first kappa shape index (κ1) is 11.7. The van der Waals surface area contributed by atoms with Gasteiger partial charge in [0.25, 0.3) is 0 Å². The lowest BCUT2D eigenvalue weighted by Gasteiger charge is -2.20. The highest BCUT2D eigenvalue weighted by molar-refractivity contribution is 5.12. The van der Waals surface area contributed by atoms with Gasteiger partial charge in [-0.25, -0.2) is 0 Å². The monoisotopic (exact) mass is 168 g/mol. The van der Waals surface area contributed by atoms with E-state index in [9.17, 15) is 0 Å². The van der Waals surface area contributed by atoms with Crippen LogP contribution in [0.2, 0.25) is 0 Å². The maximum Gasteiger partial charge on any atom is -0.0271 e. The molecule has 0 saturated carbocycles. The molecule has 0 atom stereocenters. The van der Waals surface area contributed by atoms with Gasteiger partial charge in [-0.1, -0.05) is 45.8 Å². The summed E-state index contributed by atoms with van der Waals surface area (Å²) in [5.41, 5.74) is 3.69. The van der Waals surface area contributed by atoms with Crippen molar-refractivity contribution in [3.8, 4) is 0 Å². The third kappa shape index (κ3) is 4.58. The van der Waals surface area contributed by atoms with Crippen LogP contribution >= 0.6 is 0 Å². The Morgan fingerprint density at radius 1 is 1.00 bits per heavy atom. The minimum atomic E-state index is 0.444. The van der Waals surface area contributed by atoms with E-state index < -0.39 is 0 Å². The van der Waals surface area contributed by atoms with E-state index in [2.05, 4.69) is 41.5 Å². The van der Waals surface area contributed by atoms with Crippen molar-refractivity contribution in [1.82, 2.24) is 0 Å². The van der Waals surface area contributed by atoms with Crippen molar-refractivity contribution < 1.29 is 0 Å².